The average Bonchev–Trinajstić information content (AvgIpc) is 3.04. The number of methoxy groups -OCH3 is 1. The maximum absolute atomic E-state index is 4.96. The summed E-state index contributed by atoms with van der Waals surface area (Å²) in [6, 6.07) is 4.19. The molecule has 1 saturated carbocycles. The van der Waals surface area contributed by atoms with Crippen LogP contribution in [0.4, 0.5) is 0 Å². The number of rotatable bonds is 4. The Kier molecular flexibility index (Phi) is 2.63. The molecule has 1 aromatic heterocycles. The molecule has 1 N–H and O–H groups in total. The van der Waals surface area contributed by atoms with Crippen LogP contribution in [0.15, 0.2) is 12.1 Å². The van der Waals surface area contributed by atoms with Crippen LogP contribution in [0.3, 0.4) is 0 Å². The summed E-state index contributed by atoms with van der Waals surface area (Å²) in [6.45, 7) is 0. The normalized spacial score (nSPS) is 17.9. The lowest BCUT2D eigenvalue weighted by atomic mass is 10.1. The maximum Gasteiger partial charge on any atom is 0.233 e. The standard InChI is InChI=1S/C10H15N3O/c1-11-10(7-3-4-7)8-5-6-9(14-2)13-12-8/h5-7,10-11H,3-4H2,1-2H3. The van der Waals surface area contributed by atoms with Gasteiger partial charge in [-0.15, -0.1) is 5.10 Å². The first-order valence-corrected chi connectivity index (χ1v) is 4.90. The summed E-state index contributed by atoms with van der Waals surface area (Å²) in [7, 11) is 3.56. The van der Waals surface area contributed by atoms with Gasteiger partial charge in [-0.1, -0.05) is 0 Å². The molecule has 0 aromatic carbocycles. The Morgan fingerprint density at radius 1 is 1.43 bits per heavy atom. The van der Waals surface area contributed by atoms with Gasteiger partial charge in [-0.2, -0.15) is 5.10 Å². The van der Waals surface area contributed by atoms with E-state index in [4.69, 9.17) is 4.74 Å². The van der Waals surface area contributed by atoms with Crippen molar-refractivity contribution >= 4 is 0 Å². The highest BCUT2D eigenvalue weighted by atomic mass is 16.5. The Bertz CT molecular complexity index is 295. The molecule has 76 valence electrons. The van der Waals surface area contributed by atoms with Crippen LogP contribution in [-0.2, 0) is 0 Å². The van der Waals surface area contributed by atoms with Crippen molar-refractivity contribution in [3.05, 3.63) is 17.8 Å². The van der Waals surface area contributed by atoms with E-state index < -0.39 is 0 Å². The number of hydrogen-bond donors (Lipinski definition) is 1. The van der Waals surface area contributed by atoms with Crippen molar-refractivity contribution in [1.29, 1.82) is 0 Å². The third kappa shape index (κ3) is 1.85. The Balaban J connectivity index is 2.13. The molecular weight excluding hydrogens is 178 g/mol. The molecule has 2 rings (SSSR count). The Hall–Kier alpha value is -1.16. The van der Waals surface area contributed by atoms with Crippen molar-refractivity contribution < 1.29 is 4.74 Å². The van der Waals surface area contributed by atoms with Crippen LogP contribution in [0.1, 0.15) is 24.6 Å². The zero-order valence-electron chi connectivity index (χ0n) is 8.53. The minimum atomic E-state index is 0.355. The fourth-order valence-electron chi connectivity index (χ4n) is 1.66. The fraction of sp³-hybridized carbons (Fsp3) is 0.600. The van der Waals surface area contributed by atoms with E-state index in [1.165, 1.54) is 12.8 Å². The van der Waals surface area contributed by atoms with Crippen LogP contribution in [0.2, 0.25) is 0 Å². The fourth-order valence-corrected chi connectivity index (χ4v) is 1.66. The van der Waals surface area contributed by atoms with Crippen LogP contribution in [-0.4, -0.2) is 24.4 Å². The molecule has 1 heterocycles. The first kappa shape index (κ1) is 9.40. The number of aromatic nitrogens is 2. The lowest BCUT2D eigenvalue weighted by Gasteiger charge is -2.13. The third-order valence-corrected chi connectivity index (χ3v) is 2.59. The molecule has 4 nitrogen and oxygen atoms in total. The highest BCUT2D eigenvalue weighted by Gasteiger charge is 2.32. The number of hydrogen-bond acceptors (Lipinski definition) is 4. The monoisotopic (exact) mass is 193 g/mol. The third-order valence-electron chi connectivity index (χ3n) is 2.59. The second-order valence-electron chi connectivity index (χ2n) is 3.60. The molecule has 1 unspecified atom stereocenters. The van der Waals surface area contributed by atoms with Crippen molar-refractivity contribution in [1.82, 2.24) is 15.5 Å². The molecule has 1 atom stereocenters. The summed E-state index contributed by atoms with van der Waals surface area (Å²) in [6.07, 6.45) is 2.58. The summed E-state index contributed by atoms with van der Waals surface area (Å²) >= 11 is 0. The molecule has 0 amide bonds. The van der Waals surface area contributed by atoms with E-state index in [0.717, 1.165) is 11.6 Å². The molecule has 1 aromatic rings. The van der Waals surface area contributed by atoms with E-state index in [1.54, 1.807) is 7.11 Å². The van der Waals surface area contributed by atoms with Crippen molar-refractivity contribution in [2.75, 3.05) is 14.2 Å². The quantitative estimate of drug-likeness (QED) is 0.779. The SMILES string of the molecule is CNC(c1ccc(OC)nn1)C1CC1. The summed E-state index contributed by atoms with van der Waals surface area (Å²) in [5.41, 5.74) is 1.01. The molecular formula is C10H15N3O. The molecule has 1 fully saturated rings. The molecule has 0 spiro atoms. The summed E-state index contributed by atoms with van der Waals surface area (Å²) in [5, 5.41) is 11.4. The highest BCUT2D eigenvalue weighted by molar-refractivity contribution is 5.15. The van der Waals surface area contributed by atoms with Crippen LogP contribution in [0.25, 0.3) is 0 Å². The second kappa shape index (κ2) is 3.92. The Labute approximate surface area is 83.7 Å². The summed E-state index contributed by atoms with van der Waals surface area (Å²) in [5.74, 6) is 1.31. The molecule has 0 saturated heterocycles. The van der Waals surface area contributed by atoms with Gasteiger partial charge in [0.2, 0.25) is 5.88 Å². The Morgan fingerprint density at radius 3 is 2.64 bits per heavy atom. The van der Waals surface area contributed by atoms with Gasteiger partial charge in [0.25, 0.3) is 0 Å². The van der Waals surface area contributed by atoms with Gasteiger partial charge in [-0.25, -0.2) is 0 Å². The molecule has 14 heavy (non-hydrogen) atoms. The van der Waals surface area contributed by atoms with E-state index in [0.29, 0.717) is 11.9 Å². The summed E-state index contributed by atoms with van der Waals surface area (Å²) < 4.78 is 4.96. The van der Waals surface area contributed by atoms with Gasteiger partial charge in [0.1, 0.15) is 0 Å². The first-order chi connectivity index (χ1) is 6.85. The minimum Gasteiger partial charge on any atom is -0.480 e. The van der Waals surface area contributed by atoms with Gasteiger partial charge in [-0.3, -0.25) is 0 Å². The molecule has 0 aliphatic heterocycles. The predicted octanol–water partition coefficient (Wildman–Crippen LogP) is 1.16. The topological polar surface area (TPSA) is 47.0 Å². The van der Waals surface area contributed by atoms with Gasteiger partial charge in [0.15, 0.2) is 0 Å². The van der Waals surface area contributed by atoms with E-state index in [-0.39, 0.29) is 0 Å². The first-order valence-electron chi connectivity index (χ1n) is 4.90. The highest BCUT2D eigenvalue weighted by Crippen LogP contribution is 2.39. The smallest absolute Gasteiger partial charge is 0.233 e. The van der Waals surface area contributed by atoms with Crippen LogP contribution < -0.4 is 10.1 Å². The zero-order valence-corrected chi connectivity index (χ0v) is 8.53. The van der Waals surface area contributed by atoms with Gasteiger partial charge < -0.3 is 10.1 Å². The molecule has 4 heteroatoms. The average molecular weight is 193 g/mol. The predicted molar refractivity (Wildman–Crippen MR) is 53.1 cm³/mol. The summed E-state index contributed by atoms with van der Waals surface area (Å²) in [4.78, 5) is 0. The van der Waals surface area contributed by atoms with E-state index in [1.807, 2.05) is 19.2 Å². The van der Waals surface area contributed by atoms with Crippen LogP contribution >= 0.6 is 0 Å². The number of nitrogens with one attached hydrogen (secondary N) is 1. The van der Waals surface area contributed by atoms with E-state index in [2.05, 4.69) is 15.5 Å². The molecule has 1 aliphatic rings. The lowest BCUT2D eigenvalue weighted by molar-refractivity contribution is 0.388. The van der Waals surface area contributed by atoms with Gasteiger partial charge in [-0.05, 0) is 31.9 Å². The lowest BCUT2D eigenvalue weighted by Crippen LogP contribution is -2.19. The minimum absolute atomic E-state index is 0.355. The van der Waals surface area contributed by atoms with Crippen molar-refractivity contribution in [2.24, 2.45) is 5.92 Å². The van der Waals surface area contributed by atoms with Crippen molar-refractivity contribution in [3.8, 4) is 5.88 Å². The Morgan fingerprint density at radius 2 is 2.21 bits per heavy atom. The molecule has 0 radical (unpaired) electrons. The van der Waals surface area contributed by atoms with E-state index in [9.17, 15) is 0 Å². The number of nitrogens with zero attached hydrogens (tertiary/aromatic N) is 2. The van der Waals surface area contributed by atoms with Crippen molar-refractivity contribution in [2.45, 2.75) is 18.9 Å². The van der Waals surface area contributed by atoms with Gasteiger partial charge >= 0.3 is 0 Å². The maximum atomic E-state index is 4.96. The van der Waals surface area contributed by atoms with Crippen molar-refractivity contribution in [3.63, 3.8) is 0 Å². The second-order valence-corrected chi connectivity index (χ2v) is 3.60. The number of ether oxygens (including phenoxy) is 1. The van der Waals surface area contributed by atoms with E-state index >= 15 is 0 Å². The van der Waals surface area contributed by atoms with Gasteiger partial charge in [0, 0.05) is 6.07 Å². The van der Waals surface area contributed by atoms with Gasteiger partial charge in [0.05, 0.1) is 18.8 Å². The molecule has 0 bridgehead atoms. The van der Waals surface area contributed by atoms with Crippen LogP contribution in [0, 0.1) is 5.92 Å². The molecule has 1 aliphatic carbocycles. The van der Waals surface area contributed by atoms with Crippen LogP contribution in [0.5, 0.6) is 5.88 Å². The zero-order chi connectivity index (χ0) is 9.97. The largest absolute Gasteiger partial charge is 0.480 e.